The molecule has 0 bridgehead atoms. The lowest BCUT2D eigenvalue weighted by Crippen LogP contribution is -2.44. The smallest absolute Gasteiger partial charge is 0.411 e. The molecule has 1 unspecified atom stereocenters. The van der Waals surface area contributed by atoms with Crippen LogP contribution in [0.4, 0.5) is 4.79 Å². The monoisotopic (exact) mass is 251 g/mol. The number of esters is 1. The van der Waals surface area contributed by atoms with Gasteiger partial charge in [0.1, 0.15) is 5.60 Å². The van der Waals surface area contributed by atoms with E-state index in [0.717, 1.165) is 0 Å². The van der Waals surface area contributed by atoms with E-state index in [9.17, 15) is 9.59 Å². The number of carbonyl (C=O) groups is 2. The van der Waals surface area contributed by atoms with E-state index < -0.39 is 23.7 Å². The summed E-state index contributed by atoms with van der Waals surface area (Å²) in [6, 6.07) is -0.809. The molecular weight excluding hydrogens is 234 g/mol. The zero-order valence-electron chi connectivity index (χ0n) is 11.0. The van der Waals surface area contributed by atoms with Crippen molar-refractivity contribution in [3.8, 4) is 12.3 Å². The lowest BCUT2D eigenvalue weighted by atomic mass is 10.2. The first kappa shape index (κ1) is 14.1. The van der Waals surface area contributed by atoms with E-state index in [-0.39, 0.29) is 6.54 Å². The van der Waals surface area contributed by atoms with Crippen LogP contribution in [0.3, 0.4) is 0 Å². The quantitative estimate of drug-likeness (QED) is 0.521. The van der Waals surface area contributed by atoms with Crippen molar-refractivity contribution in [2.24, 2.45) is 0 Å². The molecule has 1 rings (SSSR count). The van der Waals surface area contributed by atoms with Crippen molar-refractivity contribution in [3.63, 3.8) is 0 Å². The molecular formula is C13H17NO4. The van der Waals surface area contributed by atoms with E-state index in [0.29, 0.717) is 5.57 Å². The number of ether oxygens (including phenoxy) is 2. The second-order valence-corrected chi connectivity index (χ2v) is 4.91. The van der Waals surface area contributed by atoms with Crippen LogP contribution >= 0.6 is 0 Å². The van der Waals surface area contributed by atoms with Crippen molar-refractivity contribution in [1.29, 1.82) is 0 Å². The molecule has 0 saturated carbocycles. The van der Waals surface area contributed by atoms with E-state index in [1.165, 1.54) is 18.1 Å². The van der Waals surface area contributed by atoms with E-state index in [2.05, 4.69) is 10.7 Å². The predicted octanol–water partition coefficient (Wildman–Crippen LogP) is 1.34. The van der Waals surface area contributed by atoms with Gasteiger partial charge < -0.3 is 9.47 Å². The average Bonchev–Trinajstić information content (AvgIpc) is 2.69. The molecule has 0 spiro atoms. The van der Waals surface area contributed by atoms with Crippen molar-refractivity contribution in [2.75, 3.05) is 13.7 Å². The lowest BCUT2D eigenvalue weighted by molar-refractivity contribution is -0.144. The molecule has 0 fully saturated rings. The molecule has 0 aromatic heterocycles. The van der Waals surface area contributed by atoms with Gasteiger partial charge in [-0.3, -0.25) is 4.90 Å². The summed E-state index contributed by atoms with van der Waals surface area (Å²) in [7, 11) is 1.26. The van der Waals surface area contributed by atoms with Crippen LogP contribution in [-0.4, -0.2) is 42.3 Å². The molecule has 98 valence electrons. The van der Waals surface area contributed by atoms with Gasteiger partial charge in [-0.2, -0.15) is 0 Å². The third-order valence-electron chi connectivity index (χ3n) is 2.29. The van der Waals surface area contributed by atoms with Gasteiger partial charge in [0.05, 0.1) is 13.7 Å². The number of amides is 1. The molecule has 1 aliphatic heterocycles. The highest BCUT2D eigenvalue weighted by atomic mass is 16.6. The number of hydrogen-bond donors (Lipinski definition) is 0. The Morgan fingerprint density at radius 1 is 1.50 bits per heavy atom. The number of terminal acetylenes is 1. The van der Waals surface area contributed by atoms with E-state index >= 15 is 0 Å². The van der Waals surface area contributed by atoms with Crippen LogP contribution in [0.15, 0.2) is 11.6 Å². The molecule has 0 N–H and O–H groups in total. The zero-order chi connectivity index (χ0) is 13.9. The zero-order valence-corrected chi connectivity index (χ0v) is 11.0. The van der Waals surface area contributed by atoms with Crippen LogP contribution in [-0.2, 0) is 14.3 Å². The number of rotatable bonds is 1. The first-order chi connectivity index (χ1) is 8.28. The summed E-state index contributed by atoms with van der Waals surface area (Å²) in [5.74, 6) is 1.89. The number of hydrogen-bond acceptors (Lipinski definition) is 4. The third-order valence-corrected chi connectivity index (χ3v) is 2.29. The third kappa shape index (κ3) is 3.27. The lowest BCUT2D eigenvalue weighted by Gasteiger charge is -2.27. The van der Waals surface area contributed by atoms with Gasteiger partial charge in [-0.05, 0) is 26.8 Å². The van der Waals surface area contributed by atoms with Gasteiger partial charge in [-0.25, -0.2) is 9.59 Å². The first-order valence-electron chi connectivity index (χ1n) is 5.53. The van der Waals surface area contributed by atoms with Crippen molar-refractivity contribution >= 4 is 12.1 Å². The summed E-state index contributed by atoms with van der Waals surface area (Å²) in [6.45, 7) is 5.45. The maximum atomic E-state index is 11.9. The summed E-state index contributed by atoms with van der Waals surface area (Å²) >= 11 is 0. The number of carbonyl (C=O) groups excluding carboxylic acids is 2. The Bertz CT molecular complexity index is 425. The molecule has 5 nitrogen and oxygen atoms in total. The van der Waals surface area contributed by atoms with Crippen LogP contribution in [0.5, 0.6) is 0 Å². The summed E-state index contributed by atoms with van der Waals surface area (Å²) in [4.78, 5) is 24.8. The molecule has 0 aromatic rings. The van der Waals surface area contributed by atoms with Gasteiger partial charge in [0.2, 0.25) is 0 Å². The summed E-state index contributed by atoms with van der Waals surface area (Å²) in [6.07, 6.45) is 6.23. The van der Waals surface area contributed by atoms with Crippen molar-refractivity contribution in [1.82, 2.24) is 4.90 Å². The number of methoxy groups -OCH3 is 1. The summed E-state index contributed by atoms with van der Waals surface area (Å²) in [5, 5.41) is 0. The van der Waals surface area contributed by atoms with Crippen molar-refractivity contribution < 1.29 is 19.1 Å². The van der Waals surface area contributed by atoms with E-state index in [4.69, 9.17) is 11.2 Å². The Morgan fingerprint density at radius 2 is 2.11 bits per heavy atom. The topological polar surface area (TPSA) is 55.8 Å². The molecule has 1 heterocycles. The fraction of sp³-hybridized carbons (Fsp3) is 0.538. The molecule has 0 saturated heterocycles. The molecule has 1 amide bonds. The van der Waals surface area contributed by atoms with Crippen molar-refractivity contribution in [2.45, 2.75) is 32.4 Å². The second-order valence-electron chi connectivity index (χ2n) is 4.91. The summed E-state index contributed by atoms with van der Waals surface area (Å²) in [5.41, 5.74) is -0.0623. The molecule has 0 aromatic carbocycles. The molecule has 1 aliphatic rings. The maximum Gasteiger partial charge on any atom is 0.411 e. The minimum absolute atomic E-state index is 0.186. The fourth-order valence-electron chi connectivity index (χ4n) is 1.52. The molecule has 1 atom stereocenters. The first-order valence-corrected chi connectivity index (χ1v) is 5.53. The Labute approximate surface area is 107 Å². The highest BCUT2D eigenvalue weighted by molar-refractivity contribution is 5.85. The normalized spacial score (nSPS) is 18.9. The molecule has 0 aliphatic carbocycles. The Morgan fingerprint density at radius 3 is 2.56 bits per heavy atom. The predicted molar refractivity (Wildman–Crippen MR) is 65.7 cm³/mol. The van der Waals surface area contributed by atoms with E-state index in [1.807, 2.05) is 0 Å². The van der Waals surface area contributed by atoms with Gasteiger partial charge in [0, 0.05) is 5.57 Å². The highest BCUT2D eigenvalue weighted by Gasteiger charge is 2.36. The second kappa shape index (κ2) is 5.13. The average molecular weight is 251 g/mol. The van der Waals surface area contributed by atoms with Gasteiger partial charge in [-0.1, -0.05) is 5.92 Å². The molecule has 18 heavy (non-hydrogen) atoms. The summed E-state index contributed by atoms with van der Waals surface area (Å²) < 4.78 is 9.85. The maximum absolute atomic E-state index is 11.9. The van der Waals surface area contributed by atoms with Crippen LogP contribution in [0, 0.1) is 12.3 Å². The van der Waals surface area contributed by atoms with Gasteiger partial charge >= 0.3 is 12.1 Å². The molecule has 0 radical (unpaired) electrons. The van der Waals surface area contributed by atoms with Crippen LogP contribution in [0.2, 0.25) is 0 Å². The SMILES string of the molecule is C#CC1=CC(C(=O)OC)N(C(=O)OC(C)(C)C)C1. The Hall–Kier alpha value is -1.96. The fourth-order valence-corrected chi connectivity index (χ4v) is 1.52. The van der Waals surface area contributed by atoms with Gasteiger partial charge in [0.25, 0.3) is 0 Å². The molecule has 5 heteroatoms. The Balaban J connectivity index is 2.86. The Kier molecular flexibility index (Phi) is 4.02. The van der Waals surface area contributed by atoms with Gasteiger partial charge in [-0.15, -0.1) is 6.42 Å². The highest BCUT2D eigenvalue weighted by Crippen LogP contribution is 2.20. The van der Waals surface area contributed by atoms with Crippen LogP contribution < -0.4 is 0 Å². The van der Waals surface area contributed by atoms with Gasteiger partial charge in [0.15, 0.2) is 6.04 Å². The van der Waals surface area contributed by atoms with E-state index in [1.54, 1.807) is 20.8 Å². The minimum atomic E-state index is -0.809. The van der Waals surface area contributed by atoms with Crippen molar-refractivity contribution in [3.05, 3.63) is 11.6 Å². The van der Waals surface area contributed by atoms with Crippen LogP contribution in [0.1, 0.15) is 20.8 Å². The number of nitrogens with zero attached hydrogens (tertiary/aromatic N) is 1. The van der Waals surface area contributed by atoms with Crippen LogP contribution in [0.25, 0.3) is 0 Å². The standard InChI is InChI=1S/C13H17NO4/c1-6-9-7-10(11(15)17-5)14(8-9)12(16)18-13(2,3)4/h1,7,10H,8H2,2-5H3. The minimum Gasteiger partial charge on any atom is -0.467 e. The largest absolute Gasteiger partial charge is 0.467 e.